The fourth-order valence-electron chi connectivity index (χ4n) is 3.37. The molecule has 6 nitrogen and oxygen atoms in total. The van der Waals surface area contributed by atoms with E-state index in [1.807, 2.05) is 0 Å². The summed E-state index contributed by atoms with van der Waals surface area (Å²) < 4.78 is 28.6. The van der Waals surface area contributed by atoms with E-state index in [1.54, 1.807) is 6.92 Å². The highest BCUT2D eigenvalue weighted by Crippen LogP contribution is 2.48. The number of hydrogen-bond acceptors (Lipinski definition) is 5. The number of fused-ring (bicyclic) bond motifs is 5. The molecule has 0 spiro atoms. The zero-order valence-corrected chi connectivity index (χ0v) is 11.6. The molecule has 7 heteroatoms. The van der Waals surface area contributed by atoms with Gasteiger partial charge in [0.15, 0.2) is 9.84 Å². The summed E-state index contributed by atoms with van der Waals surface area (Å²) >= 11 is 0. The molecule has 3 aliphatic heterocycles. The predicted molar refractivity (Wildman–Crippen MR) is 65.9 cm³/mol. The average molecular weight is 287 g/mol. The Balaban J connectivity index is 1.75. The van der Waals surface area contributed by atoms with Crippen LogP contribution in [0.15, 0.2) is 0 Å². The maximum absolute atomic E-state index is 12.2. The van der Waals surface area contributed by atoms with Crippen molar-refractivity contribution >= 4 is 21.7 Å². The van der Waals surface area contributed by atoms with Crippen LogP contribution < -0.4 is 0 Å². The van der Waals surface area contributed by atoms with Gasteiger partial charge in [-0.1, -0.05) is 6.92 Å². The van der Waals surface area contributed by atoms with Gasteiger partial charge in [-0.2, -0.15) is 0 Å². The van der Waals surface area contributed by atoms with Gasteiger partial charge in [0.25, 0.3) is 0 Å². The fraction of sp³-hybridized carbons (Fsp3) is 0.833. The molecule has 3 heterocycles. The second kappa shape index (κ2) is 4.28. The van der Waals surface area contributed by atoms with E-state index in [1.165, 1.54) is 0 Å². The van der Waals surface area contributed by atoms with Crippen molar-refractivity contribution in [1.82, 2.24) is 4.90 Å². The van der Waals surface area contributed by atoms with Gasteiger partial charge in [-0.3, -0.25) is 14.5 Å². The zero-order valence-electron chi connectivity index (χ0n) is 10.7. The Hall–Kier alpha value is -0.950. The lowest BCUT2D eigenvalue weighted by molar-refractivity contribution is -0.142. The molecule has 3 aliphatic rings. The quantitative estimate of drug-likeness (QED) is 0.656. The number of rotatable bonds is 4. The molecule has 0 aliphatic carbocycles. The van der Waals surface area contributed by atoms with Crippen LogP contribution in [-0.4, -0.2) is 55.4 Å². The van der Waals surface area contributed by atoms with E-state index < -0.39 is 9.84 Å². The Kier molecular flexibility index (Phi) is 2.94. The van der Waals surface area contributed by atoms with E-state index in [0.29, 0.717) is 0 Å². The molecule has 3 fully saturated rings. The summed E-state index contributed by atoms with van der Waals surface area (Å²) in [6.07, 6.45) is 1.37. The third-order valence-corrected chi connectivity index (χ3v) is 6.13. The zero-order chi connectivity index (χ0) is 13.8. The largest absolute Gasteiger partial charge is 0.373 e. The summed E-state index contributed by atoms with van der Waals surface area (Å²) in [7, 11) is -3.17. The molecule has 4 atom stereocenters. The first-order valence-electron chi connectivity index (χ1n) is 6.65. The Labute approximate surface area is 112 Å². The van der Waals surface area contributed by atoms with Gasteiger partial charge in [0.05, 0.1) is 29.8 Å². The van der Waals surface area contributed by atoms with Crippen molar-refractivity contribution in [2.75, 3.05) is 18.1 Å². The lowest BCUT2D eigenvalue weighted by Gasteiger charge is -2.17. The maximum atomic E-state index is 12.2. The van der Waals surface area contributed by atoms with E-state index in [4.69, 9.17) is 4.74 Å². The van der Waals surface area contributed by atoms with Gasteiger partial charge >= 0.3 is 0 Å². The third kappa shape index (κ3) is 1.90. The maximum Gasteiger partial charge on any atom is 0.235 e. The molecule has 0 radical (unpaired) electrons. The molecule has 3 saturated heterocycles. The number of sulfone groups is 1. The topological polar surface area (TPSA) is 80.8 Å². The first kappa shape index (κ1) is 13.1. The SMILES string of the molecule is CCS(=O)(=O)CCN1C(=O)C2C3CCC(O3)C2C1=O. The molecule has 0 aromatic rings. The fourth-order valence-corrected chi connectivity index (χ4v) is 4.12. The van der Waals surface area contributed by atoms with Gasteiger partial charge in [0.1, 0.15) is 0 Å². The Morgan fingerprint density at radius 3 is 2.16 bits per heavy atom. The number of hydrogen-bond donors (Lipinski definition) is 0. The summed E-state index contributed by atoms with van der Waals surface area (Å²) in [6, 6.07) is 0. The molecular formula is C12H17NO5S. The van der Waals surface area contributed by atoms with Crippen molar-refractivity contribution in [1.29, 1.82) is 0 Å². The standard InChI is InChI=1S/C12H17NO5S/c1-2-19(16,17)6-5-13-11(14)9-7-3-4-8(18-7)10(9)12(13)15/h7-10H,2-6H2,1H3. The molecule has 106 valence electrons. The van der Waals surface area contributed by atoms with Crippen LogP contribution in [0.4, 0.5) is 0 Å². The minimum absolute atomic E-state index is 0.0136. The summed E-state index contributed by atoms with van der Waals surface area (Å²) in [6.45, 7) is 1.55. The van der Waals surface area contributed by atoms with Crippen LogP contribution in [-0.2, 0) is 24.2 Å². The number of ether oxygens (including phenoxy) is 1. The monoisotopic (exact) mass is 287 g/mol. The van der Waals surface area contributed by atoms with Crippen molar-refractivity contribution in [2.24, 2.45) is 11.8 Å². The van der Waals surface area contributed by atoms with Crippen LogP contribution in [0.1, 0.15) is 19.8 Å². The Morgan fingerprint density at radius 1 is 1.16 bits per heavy atom. The molecule has 19 heavy (non-hydrogen) atoms. The first-order chi connectivity index (χ1) is 8.94. The van der Waals surface area contributed by atoms with Crippen molar-refractivity contribution in [3.63, 3.8) is 0 Å². The second-order valence-electron chi connectivity index (χ2n) is 5.41. The minimum Gasteiger partial charge on any atom is -0.373 e. The molecule has 0 aromatic carbocycles. The highest BCUT2D eigenvalue weighted by atomic mass is 32.2. The number of likely N-dealkylation sites (tertiary alicyclic amines) is 1. The molecule has 0 aromatic heterocycles. The van der Waals surface area contributed by atoms with Crippen molar-refractivity contribution in [3.05, 3.63) is 0 Å². The number of carbonyl (C=O) groups is 2. The molecule has 3 rings (SSSR count). The highest BCUT2D eigenvalue weighted by Gasteiger charge is 2.62. The molecule has 0 saturated carbocycles. The number of carbonyl (C=O) groups excluding carboxylic acids is 2. The van der Waals surface area contributed by atoms with Crippen molar-refractivity contribution < 1.29 is 22.7 Å². The van der Waals surface area contributed by atoms with Crippen LogP contribution in [0.2, 0.25) is 0 Å². The van der Waals surface area contributed by atoms with Crippen molar-refractivity contribution in [2.45, 2.75) is 32.0 Å². The summed E-state index contributed by atoms with van der Waals surface area (Å²) in [5.74, 6) is -1.32. The lowest BCUT2D eigenvalue weighted by Crippen LogP contribution is -2.37. The van der Waals surface area contributed by atoms with Gasteiger partial charge in [0.2, 0.25) is 11.8 Å². The number of imide groups is 1. The summed E-state index contributed by atoms with van der Waals surface area (Å²) in [4.78, 5) is 25.6. The molecule has 0 N–H and O–H groups in total. The van der Waals surface area contributed by atoms with E-state index in [2.05, 4.69) is 0 Å². The Bertz CT molecular complexity index is 500. The predicted octanol–water partition coefficient (Wildman–Crippen LogP) is -0.416. The van der Waals surface area contributed by atoms with E-state index in [-0.39, 0.29) is 53.9 Å². The lowest BCUT2D eigenvalue weighted by atomic mass is 9.81. The Morgan fingerprint density at radius 2 is 1.68 bits per heavy atom. The van der Waals surface area contributed by atoms with Gasteiger partial charge in [-0.25, -0.2) is 8.42 Å². The normalized spacial score (nSPS) is 37.2. The van der Waals surface area contributed by atoms with Crippen molar-refractivity contribution in [3.8, 4) is 0 Å². The third-order valence-electron chi connectivity index (χ3n) is 4.44. The van der Waals surface area contributed by atoms with Gasteiger partial charge in [-0.15, -0.1) is 0 Å². The van der Waals surface area contributed by atoms with Crippen LogP contribution in [0.5, 0.6) is 0 Å². The van der Waals surface area contributed by atoms with Gasteiger partial charge < -0.3 is 4.74 Å². The number of amides is 2. The van der Waals surface area contributed by atoms with Crippen LogP contribution >= 0.6 is 0 Å². The van der Waals surface area contributed by atoms with E-state index >= 15 is 0 Å². The first-order valence-corrected chi connectivity index (χ1v) is 8.48. The second-order valence-corrected chi connectivity index (χ2v) is 7.88. The minimum atomic E-state index is -3.17. The van der Waals surface area contributed by atoms with Gasteiger partial charge in [-0.05, 0) is 12.8 Å². The molecule has 2 amide bonds. The van der Waals surface area contributed by atoms with E-state index in [9.17, 15) is 18.0 Å². The number of nitrogens with zero attached hydrogens (tertiary/aromatic N) is 1. The van der Waals surface area contributed by atoms with Crippen LogP contribution in [0.25, 0.3) is 0 Å². The molecule has 4 unspecified atom stereocenters. The summed E-state index contributed by atoms with van der Waals surface area (Å²) in [5.41, 5.74) is 0. The molecule has 2 bridgehead atoms. The highest BCUT2D eigenvalue weighted by molar-refractivity contribution is 7.91. The smallest absolute Gasteiger partial charge is 0.235 e. The van der Waals surface area contributed by atoms with Crippen LogP contribution in [0.3, 0.4) is 0 Å². The summed E-state index contributed by atoms with van der Waals surface area (Å²) in [5, 5.41) is 0. The molecular weight excluding hydrogens is 270 g/mol. The van der Waals surface area contributed by atoms with Gasteiger partial charge in [0, 0.05) is 12.3 Å². The van der Waals surface area contributed by atoms with E-state index in [0.717, 1.165) is 17.7 Å². The average Bonchev–Trinajstić information content (AvgIpc) is 3.03. The van der Waals surface area contributed by atoms with Crippen LogP contribution in [0, 0.1) is 11.8 Å².